The van der Waals surface area contributed by atoms with Gasteiger partial charge in [0.2, 0.25) is 5.91 Å². The normalized spacial score (nSPS) is 17.6. The minimum absolute atomic E-state index is 0.0803. The molecular formula is C16H15ClN2O3S2. The van der Waals surface area contributed by atoms with Crippen molar-refractivity contribution in [1.29, 1.82) is 0 Å². The molecule has 8 heteroatoms. The van der Waals surface area contributed by atoms with E-state index in [9.17, 15) is 13.2 Å². The van der Waals surface area contributed by atoms with Crippen molar-refractivity contribution in [1.82, 2.24) is 0 Å². The number of anilines is 2. The molecule has 1 atom stereocenters. The van der Waals surface area contributed by atoms with Gasteiger partial charge in [0.05, 0.1) is 16.3 Å². The minimum Gasteiger partial charge on any atom is -0.325 e. The summed E-state index contributed by atoms with van der Waals surface area (Å²) in [5.41, 5.74) is 0.896. The summed E-state index contributed by atoms with van der Waals surface area (Å²) in [4.78, 5) is 12.9. The number of nitrogens with one attached hydrogen (secondary N) is 2. The van der Waals surface area contributed by atoms with Crippen molar-refractivity contribution in [3.8, 4) is 0 Å². The van der Waals surface area contributed by atoms with Gasteiger partial charge < -0.3 is 5.32 Å². The van der Waals surface area contributed by atoms with E-state index in [1.807, 2.05) is 6.92 Å². The quantitative estimate of drug-likeness (QED) is 0.846. The van der Waals surface area contributed by atoms with Crippen molar-refractivity contribution in [2.24, 2.45) is 5.92 Å². The highest BCUT2D eigenvalue weighted by atomic mass is 35.5. The number of rotatable bonds is 3. The second-order valence-electron chi connectivity index (χ2n) is 5.48. The summed E-state index contributed by atoms with van der Waals surface area (Å²) in [6, 6.07) is 11.2. The Morgan fingerprint density at radius 3 is 2.79 bits per heavy atom. The first-order valence-corrected chi connectivity index (χ1v) is 10.1. The fourth-order valence-electron chi connectivity index (χ4n) is 2.21. The SMILES string of the molecule is C[C@@H]1CSc2ccc(S(=O)(=O)Nc3cccc(Cl)c3)cc2NC1=O. The number of thioether (sulfide) groups is 1. The number of carbonyl (C=O) groups is 1. The molecule has 1 heterocycles. The zero-order valence-electron chi connectivity index (χ0n) is 12.7. The number of sulfonamides is 1. The Balaban J connectivity index is 1.92. The molecule has 2 aromatic carbocycles. The maximum atomic E-state index is 12.6. The average molecular weight is 383 g/mol. The van der Waals surface area contributed by atoms with E-state index in [-0.39, 0.29) is 16.7 Å². The number of fused-ring (bicyclic) bond motifs is 1. The van der Waals surface area contributed by atoms with Crippen molar-refractivity contribution in [3.05, 3.63) is 47.5 Å². The lowest BCUT2D eigenvalue weighted by Crippen LogP contribution is -2.20. The van der Waals surface area contributed by atoms with Crippen LogP contribution in [0.25, 0.3) is 0 Å². The lowest BCUT2D eigenvalue weighted by atomic mass is 10.2. The van der Waals surface area contributed by atoms with E-state index in [1.165, 1.54) is 30.0 Å². The monoisotopic (exact) mass is 382 g/mol. The maximum absolute atomic E-state index is 12.6. The van der Waals surface area contributed by atoms with Gasteiger partial charge in [0.1, 0.15) is 0 Å². The molecule has 0 aliphatic carbocycles. The molecule has 24 heavy (non-hydrogen) atoms. The van der Waals surface area contributed by atoms with E-state index >= 15 is 0 Å². The summed E-state index contributed by atoms with van der Waals surface area (Å²) in [5.74, 6) is 0.414. The standard InChI is InChI=1S/C16H15ClN2O3S2/c1-10-9-23-15-6-5-13(8-14(15)18-16(10)20)24(21,22)19-12-4-2-3-11(17)7-12/h2-8,10,19H,9H2,1H3,(H,18,20)/t10-/m1/s1. The first-order chi connectivity index (χ1) is 11.3. The molecular weight excluding hydrogens is 368 g/mol. The summed E-state index contributed by atoms with van der Waals surface area (Å²) in [6.45, 7) is 1.84. The van der Waals surface area contributed by atoms with Crippen LogP contribution in [0.1, 0.15) is 6.92 Å². The van der Waals surface area contributed by atoms with E-state index < -0.39 is 10.0 Å². The van der Waals surface area contributed by atoms with Crippen LogP contribution in [0.15, 0.2) is 52.3 Å². The van der Waals surface area contributed by atoms with Crippen molar-refractivity contribution >= 4 is 50.7 Å². The van der Waals surface area contributed by atoms with Crippen LogP contribution in [0, 0.1) is 5.92 Å². The molecule has 0 spiro atoms. The number of hydrogen-bond acceptors (Lipinski definition) is 4. The molecule has 126 valence electrons. The van der Waals surface area contributed by atoms with Crippen LogP contribution in [-0.2, 0) is 14.8 Å². The molecule has 0 bridgehead atoms. The predicted molar refractivity (Wildman–Crippen MR) is 97.2 cm³/mol. The van der Waals surface area contributed by atoms with Gasteiger partial charge in [0, 0.05) is 21.6 Å². The minimum atomic E-state index is -3.78. The molecule has 1 aliphatic heterocycles. The van der Waals surface area contributed by atoms with Gasteiger partial charge in [-0.3, -0.25) is 9.52 Å². The van der Waals surface area contributed by atoms with E-state index in [0.717, 1.165) is 4.90 Å². The Kier molecular flexibility index (Phi) is 4.76. The zero-order chi connectivity index (χ0) is 17.3. The topological polar surface area (TPSA) is 75.3 Å². The van der Waals surface area contributed by atoms with E-state index in [2.05, 4.69) is 10.0 Å². The Labute approximate surface area is 149 Å². The molecule has 0 radical (unpaired) electrons. The Hall–Kier alpha value is -1.70. The van der Waals surface area contributed by atoms with Crippen molar-refractivity contribution in [2.75, 3.05) is 15.8 Å². The first kappa shape index (κ1) is 17.1. The number of hydrogen-bond donors (Lipinski definition) is 2. The van der Waals surface area contributed by atoms with Crippen LogP contribution in [0.3, 0.4) is 0 Å². The molecule has 0 unspecified atom stereocenters. The molecule has 3 rings (SSSR count). The van der Waals surface area contributed by atoms with E-state index in [4.69, 9.17) is 11.6 Å². The third kappa shape index (κ3) is 3.68. The van der Waals surface area contributed by atoms with Gasteiger partial charge in [0.15, 0.2) is 0 Å². The predicted octanol–water partition coefficient (Wildman–Crippen LogP) is 3.82. The molecule has 0 aromatic heterocycles. The van der Waals surface area contributed by atoms with Crippen LogP contribution in [0.4, 0.5) is 11.4 Å². The summed E-state index contributed by atoms with van der Waals surface area (Å²) >= 11 is 7.41. The molecule has 0 saturated carbocycles. The van der Waals surface area contributed by atoms with Gasteiger partial charge in [0.25, 0.3) is 10.0 Å². The largest absolute Gasteiger partial charge is 0.325 e. The van der Waals surface area contributed by atoms with Gasteiger partial charge in [-0.2, -0.15) is 0 Å². The molecule has 2 aromatic rings. The summed E-state index contributed by atoms with van der Waals surface area (Å²) < 4.78 is 27.6. The lowest BCUT2D eigenvalue weighted by Gasteiger charge is -2.12. The average Bonchev–Trinajstić information content (AvgIpc) is 2.66. The molecule has 2 N–H and O–H groups in total. The van der Waals surface area contributed by atoms with Crippen molar-refractivity contribution < 1.29 is 13.2 Å². The zero-order valence-corrected chi connectivity index (χ0v) is 15.1. The number of benzene rings is 2. The summed E-state index contributed by atoms with van der Waals surface area (Å²) in [5, 5.41) is 3.22. The van der Waals surface area contributed by atoms with Crippen molar-refractivity contribution in [3.63, 3.8) is 0 Å². The van der Waals surface area contributed by atoms with E-state index in [1.54, 1.807) is 24.3 Å². The Morgan fingerprint density at radius 2 is 2.04 bits per heavy atom. The highest BCUT2D eigenvalue weighted by Crippen LogP contribution is 2.34. The fourth-order valence-corrected chi connectivity index (χ4v) is 4.49. The highest BCUT2D eigenvalue weighted by molar-refractivity contribution is 7.99. The molecule has 5 nitrogen and oxygen atoms in total. The van der Waals surface area contributed by atoms with Crippen LogP contribution in [0.2, 0.25) is 5.02 Å². The van der Waals surface area contributed by atoms with Gasteiger partial charge in [-0.05, 0) is 36.4 Å². The van der Waals surface area contributed by atoms with Gasteiger partial charge in [-0.1, -0.05) is 24.6 Å². The Morgan fingerprint density at radius 1 is 1.25 bits per heavy atom. The van der Waals surface area contributed by atoms with Crippen LogP contribution in [-0.4, -0.2) is 20.1 Å². The van der Waals surface area contributed by atoms with Gasteiger partial charge in [-0.15, -0.1) is 11.8 Å². The van der Waals surface area contributed by atoms with Crippen LogP contribution in [0.5, 0.6) is 0 Å². The lowest BCUT2D eigenvalue weighted by molar-refractivity contribution is -0.118. The molecule has 0 fully saturated rings. The first-order valence-electron chi connectivity index (χ1n) is 7.21. The third-order valence-electron chi connectivity index (χ3n) is 3.53. The summed E-state index contributed by atoms with van der Waals surface area (Å²) in [6.07, 6.45) is 0. The second kappa shape index (κ2) is 6.66. The smallest absolute Gasteiger partial charge is 0.261 e. The Bertz CT molecular complexity index is 900. The second-order valence-corrected chi connectivity index (χ2v) is 8.66. The number of amides is 1. The van der Waals surface area contributed by atoms with Crippen molar-refractivity contribution in [2.45, 2.75) is 16.7 Å². The van der Waals surface area contributed by atoms with Crippen LogP contribution < -0.4 is 10.0 Å². The number of carbonyl (C=O) groups excluding carboxylic acids is 1. The highest BCUT2D eigenvalue weighted by Gasteiger charge is 2.23. The number of halogens is 1. The molecule has 1 amide bonds. The van der Waals surface area contributed by atoms with Gasteiger partial charge >= 0.3 is 0 Å². The van der Waals surface area contributed by atoms with Gasteiger partial charge in [-0.25, -0.2) is 8.42 Å². The fraction of sp³-hybridized carbons (Fsp3) is 0.188. The van der Waals surface area contributed by atoms with E-state index in [0.29, 0.717) is 22.2 Å². The maximum Gasteiger partial charge on any atom is 0.261 e. The molecule has 1 aliphatic rings. The molecule has 0 saturated heterocycles. The third-order valence-corrected chi connectivity index (χ3v) is 6.48. The summed E-state index contributed by atoms with van der Waals surface area (Å²) in [7, 11) is -3.78. The van der Waals surface area contributed by atoms with Crippen LogP contribution >= 0.6 is 23.4 Å².